The Hall–Kier alpha value is -3.74. The average molecular weight is 584 g/mol. The molecule has 0 aromatic heterocycles. The number of β-lactam (4-membered cyclic amide) rings is 1. The van der Waals surface area contributed by atoms with E-state index in [1.165, 1.54) is 48.5 Å². The zero-order valence-electron chi connectivity index (χ0n) is 22.3. The molecule has 0 saturated carbocycles. The van der Waals surface area contributed by atoms with Crippen LogP contribution in [0.2, 0.25) is 0 Å². The van der Waals surface area contributed by atoms with Crippen LogP contribution in [0.4, 0.5) is 14.5 Å². The molecule has 0 bridgehead atoms. The lowest BCUT2D eigenvalue weighted by Gasteiger charge is -2.48. The van der Waals surface area contributed by atoms with E-state index >= 15 is 0 Å². The average Bonchev–Trinajstić information content (AvgIpc) is 2.97. The summed E-state index contributed by atoms with van der Waals surface area (Å²) in [5.41, 5.74) is 2.46. The van der Waals surface area contributed by atoms with Crippen LogP contribution < -0.4 is 4.90 Å². The van der Waals surface area contributed by atoms with Gasteiger partial charge in [0.2, 0.25) is 5.91 Å². The third-order valence-electron chi connectivity index (χ3n) is 8.04. The molecule has 5 N–H and O–H groups in total. The van der Waals surface area contributed by atoms with Crippen LogP contribution in [0.25, 0.3) is 0 Å². The number of anilines is 1. The van der Waals surface area contributed by atoms with Crippen LogP contribution in [0.15, 0.2) is 72.8 Å². The predicted molar refractivity (Wildman–Crippen MR) is 145 cm³/mol. The van der Waals surface area contributed by atoms with E-state index < -0.39 is 66.2 Å². The predicted octanol–water partition coefficient (Wildman–Crippen LogP) is 2.66. The molecular weight excluding hydrogens is 552 g/mol. The lowest BCUT2D eigenvalue weighted by molar-refractivity contribution is -0.227. The van der Waals surface area contributed by atoms with Crippen molar-refractivity contribution in [2.24, 2.45) is 5.92 Å². The van der Waals surface area contributed by atoms with Gasteiger partial charge in [-0.3, -0.25) is 4.79 Å². The first-order valence-corrected chi connectivity index (χ1v) is 13.6. The number of rotatable bonds is 9. The molecule has 0 spiro atoms. The van der Waals surface area contributed by atoms with Crippen molar-refractivity contribution in [2.75, 3.05) is 4.90 Å². The second kappa shape index (κ2) is 12.2. The smallest absolute Gasteiger partial charge is 0.335 e. The van der Waals surface area contributed by atoms with Crippen molar-refractivity contribution in [3.8, 4) is 0 Å². The van der Waals surface area contributed by atoms with Crippen LogP contribution in [0, 0.1) is 17.6 Å². The fourth-order valence-corrected chi connectivity index (χ4v) is 5.70. The number of carboxylic acids is 1. The highest BCUT2D eigenvalue weighted by Crippen LogP contribution is 2.46. The molecule has 2 fully saturated rings. The Balaban J connectivity index is 1.34. The molecule has 1 amide bonds. The maximum Gasteiger partial charge on any atom is 0.335 e. The van der Waals surface area contributed by atoms with E-state index in [4.69, 9.17) is 4.74 Å². The summed E-state index contributed by atoms with van der Waals surface area (Å²) >= 11 is 0. The Kier molecular flexibility index (Phi) is 8.67. The highest BCUT2D eigenvalue weighted by atomic mass is 19.1. The van der Waals surface area contributed by atoms with Gasteiger partial charge in [-0.15, -0.1) is 0 Å². The lowest BCUT2D eigenvalue weighted by Crippen LogP contribution is -2.60. The van der Waals surface area contributed by atoms with E-state index in [9.17, 15) is 43.9 Å². The zero-order valence-corrected chi connectivity index (χ0v) is 22.3. The first kappa shape index (κ1) is 29.7. The minimum Gasteiger partial charge on any atom is -0.479 e. The monoisotopic (exact) mass is 583 g/mol. The number of hydrogen-bond acceptors (Lipinski definition) is 7. The van der Waals surface area contributed by atoms with Gasteiger partial charge >= 0.3 is 5.97 Å². The van der Waals surface area contributed by atoms with E-state index in [0.717, 1.165) is 5.56 Å². The maximum atomic E-state index is 13.6. The SMILES string of the molecule is O=C(O)[C@H]1O[C@@H](Cc2ccc([C@@H]3[C@@H](CC[C@H](O)c4ccc(F)cc4)C(=O)N3c3ccc(F)cc3)cc2)[C@H](O)[C@@H](O)[C@@H]1O. The van der Waals surface area contributed by atoms with Gasteiger partial charge in [0, 0.05) is 12.1 Å². The molecule has 2 aliphatic rings. The van der Waals surface area contributed by atoms with Crippen molar-refractivity contribution >= 4 is 17.6 Å². The molecule has 2 heterocycles. The molecule has 222 valence electrons. The summed E-state index contributed by atoms with van der Waals surface area (Å²) in [5, 5.41) is 50.4. The Labute approximate surface area is 240 Å². The minimum atomic E-state index is -1.77. The van der Waals surface area contributed by atoms with Gasteiger partial charge in [-0.05, 0) is 65.9 Å². The molecule has 42 heavy (non-hydrogen) atoms. The summed E-state index contributed by atoms with van der Waals surface area (Å²) in [4.78, 5) is 26.3. The summed E-state index contributed by atoms with van der Waals surface area (Å²) in [5.74, 6) is -3.00. The normalized spacial score (nSPS) is 28.3. The number of hydrogen-bond donors (Lipinski definition) is 5. The minimum absolute atomic E-state index is 0.0492. The number of carbonyl (C=O) groups excluding carboxylic acids is 1. The third kappa shape index (κ3) is 5.92. The van der Waals surface area contributed by atoms with Crippen molar-refractivity contribution in [3.05, 3.63) is 101 Å². The molecule has 8 atom stereocenters. The van der Waals surface area contributed by atoms with Crippen LogP contribution in [-0.4, -0.2) is 67.9 Å². The number of aliphatic hydroxyl groups is 4. The van der Waals surface area contributed by atoms with Crippen LogP contribution in [0.3, 0.4) is 0 Å². The summed E-state index contributed by atoms with van der Waals surface area (Å²) in [6.45, 7) is 0. The highest BCUT2D eigenvalue weighted by molar-refractivity contribution is 6.03. The molecule has 5 rings (SSSR count). The van der Waals surface area contributed by atoms with Crippen molar-refractivity contribution in [2.45, 2.75) is 61.9 Å². The van der Waals surface area contributed by atoms with Crippen LogP contribution in [-0.2, 0) is 20.7 Å². The zero-order chi connectivity index (χ0) is 30.1. The number of aliphatic hydroxyl groups excluding tert-OH is 4. The molecule has 0 unspecified atom stereocenters. The number of halogens is 2. The van der Waals surface area contributed by atoms with Crippen molar-refractivity contribution in [3.63, 3.8) is 0 Å². The number of nitrogens with zero attached hydrogens (tertiary/aromatic N) is 1. The van der Waals surface area contributed by atoms with Crippen LogP contribution in [0.1, 0.15) is 41.7 Å². The van der Waals surface area contributed by atoms with E-state index in [-0.39, 0.29) is 18.7 Å². The topological polar surface area (TPSA) is 148 Å². The van der Waals surface area contributed by atoms with Gasteiger partial charge in [-0.2, -0.15) is 0 Å². The first-order chi connectivity index (χ1) is 20.0. The van der Waals surface area contributed by atoms with Crippen LogP contribution in [0.5, 0.6) is 0 Å². The van der Waals surface area contributed by atoms with E-state index in [0.29, 0.717) is 23.2 Å². The van der Waals surface area contributed by atoms with E-state index in [1.807, 2.05) is 0 Å². The highest BCUT2D eigenvalue weighted by Gasteiger charge is 2.49. The van der Waals surface area contributed by atoms with Crippen LogP contribution >= 0.6 is 0 Å². The van der Waals surface area contributed by atoms with Gasteiger partial charge in [-0.1, -0.05) is 36.4 Å². The van der Waals surface area contributed by atoms with Gasteiger partial charge in [0.05, 0.1) is 24.2 Å². The molecular formula is C31H31F2NO8. The second-order valence-corrected chi connectivity index (χ2v) is 10.7. The summed E-state index contributed by atoms with van der Waals surface area (Å²) in [6, 6.07) is 17.7. The number of amides is 1. The molecule has 3 aromatic rings. The molecule has 11 heteroatoms. The standard InChI is InChI=1S/C31H31F2NO8/c32-19-7-5-17(6-8-19)23(35)14-13-22-25(34(30(22)39)21-11-9-20(33)10-12-21)18-3-1-16(2-4-18)15-24-26(36)27(37)28(38)29(42-24)31(40)41/h1-12,22-29,35-38H,13-15H2,(H,40,41)/t22-,23+,24+,25-,26+,27-,28+,29+/m1/s1. The summed E-state index contributed by atoms with van der Waals surface area (Å²) in [6.07, 6.45) is -8.01. The third-order valence-corrected chi connectivity index (χ3v) is 8.04. The fraction of sp³-hybridized carbons (Fsp3) is 0.355. The Morgan fingerprint density at radius 3 is 2.05 bits per heavy atom. The fourth-order valence-electron chi connectivity index (χ4n) is 5.70. The van der Waals surface area contributed by atoms with Gasteiger partial charge in [-0.25, -0.2) is 13.6 Å². The van der Waals surface area contributed by atoms with Crippen molar-refractivity contribution in [1.82, 2.24) is 0 Å². The van der Waals surface area contributed by atoms with Gasteiger partial charge in [0.15, 0.2) is 6.10 Å². The van der Waals surface area contributed by atoms with E-state index in [1.54, 1.807) is 29.2 Å². The quantitative estimate of drug-likeness (QED) is 0.242. The lowest BCUT2D eigenvalue weighted by atomic mass is 9.78. The number of carboxylic acid groups (broad SMARTS) is 1. The Bertz CT molecular complexity index is 1400. The Morgan fingerprint density at radius 1 is 0.857 bits per heavy atom. The summed E-state index contributed by atoms with van der Waals surface area (Å²) in [7, 11) is 0. The summed E-state index contributed by atoms with van der Waals surface area (Å²) < 4.78 is 32.3. The molecule has 2 aliphatic heterocycles. The van der Waals surface area contributed by atoms with Gasteiger partial charge < -0.3 is 35.2 Å². The number of benzene rings is 3. The molecule has 3 aromatic carbocycles. The molecule has 9 nitrogen and oxygen atoms in total. The second-order valence-electron chi connectivity index (χ2n) is 10.7. The molecule has 0 aliphatic carbocycles. The maximum absolute atomic E-state index is 13.6. The molecule has 2 saturated heterocycles. The van der Waals surface area contributed by atoms with Gasteiger partial charge in [0.1, 0.15) is 29.9 Å². The van der Waals surface area contributed by atoms with Crippen molar-refractivity contribution in [1.29, 1.82) is 0 Å². The number of carbonyl (C=O) groups is 2. The number of aliphatic carboxylic acids is 1. The number of ether oxygens (including phenoxy) is 1. The van der Waals surface area contributed by atoms with E-state index in [2.05, 4.69) is 0 Å². The Morgan fingerprint density at radius 2 is 1.45 bits per heavy atom. The van der Waals surface area contributed by atoms with Gasteiger partial charge in [0.25, 0.3) is 0 Å². The van der Waals surface area contributed by atoms with Crippen molar-refractivity contribution < 1.29 is 48.6 Å². The first-order valence-electron chi connectivity index (χ1n) is 13.6. The molecule has 0 radical (unpaired) electrons. The largest absolute Gasteiger partial charge is 0.479 e.